The van der Waals surface area contributed by atoms with Crippen LogP contribution < -0.4 is 5.32 Å². The number of carbonyl (C=O) groups is 1. The van der Waals surface area contributed by atoms with Gasteiger partial charge in [0.15, 0.2) is 0 Å². The number of nitrogens with one attached hydrogen (secondary N) is 1. The molecule has 20 heavy (non-hydrogen) atoms. The van der Waals surface area contributed by atoms with E-state index in [0.717, 1.165) is 0 Å². The van der Waals surface area contributed by atoms with E-state index in [1.165, 1.54) is 36.0 Å². The molecule has 1 N–H and O–H groups in total. The first kappa shape index (κ1) is 15.0. The third-order valence-corrected chi connectivity index (χ3v) is 3.60. The average molecular weight is 275 g/mol. The Hall–Kier alpha value is -1.35. The molecule has 1 atom stereocenters. The van der Waals surface area contributed by atoms with Crippen molar-refractivity contribution in [2.24, 2.45) is 0 Å². The highest BCUT2D eigenvalue weighted by atomic mass is 16.6. The summed E-state index contributed by atoms with van der Waals surface area (Å²) >= 11 is 0. The Kier molecular flexibility index (Phi) is 4.48. The quantitative estimate of drug-likeness (QED) is 0.858. The van der Waals surface area contributed by atoms with Gasteiger partial charge in [0.2, 0.25) is 0 Å². The van der Waals surface area contributed by atoms with E-state index in [2.05, 4.69) is 30.4 Å². The third kappa shape index (κ3) is 4.07. The maximum atomic E-state index is 11.7. The molecule has 0 amide bonds. The van der Waals surface area contributed by atoms with Crippen LogP contribution in [0.1, 0.15) is 56.8 Å². The summed E-state index contributed by atoms with van der Waals surface area (Å²) in [6, 6.07) is 6.82. The van der Waals surface area contributed by atoms with Crippen LogP contribution in [-0.4, -0.2) is 18.1 Å². The van der Waals surface area contributed by atoms with Crippen molar-refractivity contribution in [2.75, 3.05) is 6.54 Å². The Morgan fingerprint density at radius 2 is 2.00 bits per heavy atom. The molecular weight excluding hydrogens is 250 g/mol. The minimum absolute atomic E-state index is 0.161. The fourth-order valence-corrected chi connectivity index (χ4v) is 2.59. The maximum Gasteiger partial charge on any atom is 0.320 e. The molecular formula is C17H25NO2. The lowest BCUT2D eigenvalue weighted by Crippen LogP contribution is -2.32. The molecule has 2 rings (SSSR count). The van der Waals surface area contributed by atoms with Gasteiger partial charge < -0.3 is 10.1 Å². The standard InChI is InChI=1S/C17H25NO2/c1-12(18-11-16(19)20-17(2,3)4)14-9-8-13-6-5-7-15(13)10-14/h8-10,12,18H,5-7,11H2,1-4H3. The van der Waals surface area contributed by atoms with Gasteiger partial charge in [-0.2, -0.15) is 0 Å². The molecule has 3 nitrogen and oxygen atoms in total. The van der Waals surface area contributed by atoms with Crippen molar-refractivity contribution in [1.82, 2.24) is 5.32 Å². The Labute approximate surface area is 121 Å². The summed E-state index contributed by atoms with van der Waals surface area (Å²) in [5, 5.41) is 3.24. The van der Waals surface area contributed by atoms with Crippen molar-refractivity contribution in [1.29, 1.82) is 0 Å². The molecule has 1 aliphatic rings. The van der Waals surface area contributed by atoms with Gasteiger partial charge in [-0.15, -0.1) is 0 Å². The number of fused-ring (bicyclic) bond motifs is 1. The highest BCUT2D eigenvalue weighted by molar-refractivity contribution is 5.72. The number of hydrogen-bond acceptors (Lipinski definition) is 3. The number of hydrogen-bond donors (Lipinski definition) is 1. The molecule has 0 saturated carbocycles. The van der Waals surface area contributed by atoms with Gasteiger partial charge in [-0.3, -0.25) is 4.79 Å². The SMILES string of the molecule is CC(NCC(=O)OC(C)(C)C)c1ccc2c(c1)CCC2. The Morgan fingerprint density at radius 1 is 1.30 bits per heavy atom. The predicted molar refractivity (Wildman–Crippen MR) is 80.7 cm³/mol. The molecule has 0 spiro atoms. The maximum absolute atomic E-state index is 11.7. The van der Waals surface area contributed by atoms with Gasteiger partial charge in [0.05, 0.1) is 6.54 Å². The number of aryl methyl sites for hydroxylation is 2. The second-order valence-corrected chi connectivity index (χ2v) is 6.57. The smallest absolute Gasteiger partial charge is 0.320 e. The number of esters is 1. The van der Waals surface area contributed by atoms with E-state index in [1.54, 1.807) is 0 Å². The molecule has 0 bridgehead atoms. The predicted octanol–water partition coefficient (Wildman–Crippen LogP) is 3.17. The van der Waals surface area contributed by atoms with Crippen LogP contribution in [0, 0.1) is 0 Å². The van der Waals surface area contributed by atoms with Crippen LogP contribution in [0.15, 0.2) is 18.2 Å². The number of ether oxygens (including phenoxy) is 1. The van der Waals surface area contributed by atoms with E-state index in [0.29, 0.717) is 0 Å². The van der Waals surface area contributed by atoms with Gasteiger partial charge in [-0.25, -0.2) is 0 Å². The highest BCUT2D eigenvalue weighted by Gasteiger charge is 2.17. The first-order valence-electron chi connectivity index (χ1n) is 7.42. The van der Waals surface area contributed by atoms with Crippen LogP contribution in [0.25, 0.3) is 0 Å². The van der Waals surface area contributed by atoms with Crippen LogP contribution in [0.5, 0.6) is 0 Å². The summed E-state index contributed by atoms with van der Waals surface area (Å²) < 4.78 is 5.30. The van der Waals surface area contributed by atoms with E-state index >= 15 is 0 Å². The van der Waals surface area contributed by atoms with Gasteiger partial charge in [0.25, 0.3) is 0 Å². The lowest BCUT2D eigenvalue weighted by molar-refractivity contribution is -0.153. The lowest BCUT2D eigenvalue weighted by atomic mass is 10.0. The summed E-state index contributed by atoms with van der Waals surface area (Å²) in [5.41, 5.74) is 3.77. The van der Waals surface area contributed by atoms with Crippen LogP contribution in [0.2, 0.25) is 0 Å². The Bertz CT molecular complexity index is 488. The van der Waals surface area contributed by atoms with Crippen molar-refractivity contribution in [3.05, 3.63) is 34.9 Å². The van der Waals surface area contributed by atoms with E-state index in [4.69, 9.17) is 4.74 Å². The van der Waals surface area contributed by atoms with E-state index in [-0.39, 0.29) is 18.6 Å². The summed E-state index contributed by atoms with van der Waals surface area (Å²) in [7, 11) is 0. The minimum atomic E-state index is -0.421. The molecule has 0 aliphatic heterocycles. The van der Waals surface area contributed by atoms with Crippen LogP contribution in [-0.2, 0) is 22.4 Å². The topological polar surface area (TPSA) is 38.3 Å². The van der Waals surface area contributed by atoms with Crippen molar-refractivity contribution in [3.8, 4) is 0 Å². The van der Waals surface area contributed by atoms with E-state index in [9.17, 15) is 4.79 Å². The van der Waals surface area contributed by atoms with E-state index < -0.39 is 5.60 Å². The van der Waals surface area contributed by atoms with Crippen molar-refractivity contribution >= 4 is 5.97 Å². The Morgan fingerprint density at radius 3 is 2.70 bits per heavy atom. The molecule has 0 aromatic heterocycles. The number of carbonyl (C=O) groups excluding carboxylic acids is 1. The second kappa shape index (κ2) is 5.96. The zero-order valence-corrected chi connectivity index (χ0v) is 13.0. The van der Waals surface area contributed by atoms with Crippen molar-refractivity contribution in [2.45, 2.75) is 58.6 Å². The largest absolute Gasteiger partial charge is 0.459 e. The van der Waals surface area contributed by atoms with Gasteiger partial charge in [0.1, 0.15) is 5.60 Å². The van der Waals surface area contributed by atoms with E-state index in [1.807, 2.05) is 20.8 Å². The Balaban J connectivity index is 1.89. The normalized spacial score (nSPS) is 15.8. The molecule has 1 unspecified atom stereocenters. The average Bonchev–Trinajstić information content (AvgIpc) is 2.80. The van der Waals surface area contributed by atoms with Crippen LogP contribution in [0.3, 0.4) is 0 Å². The van der Waals surface area contributed by atoms with Crippen molar-refractivity contribution in [3.63, 3.8) is 0 Å². The molecule has 0 radical (unpaired) electrons. The highest BCUT2D eigenvalue weighted by Crippen LogP contribution is 2.25. The lowest BCUT2D eigenvalue weighted by Gasteiger charge is -2.21. The molecule has 0 saturated heterocycles. The molecule has 1 aromatic rings. The zero-order valence-electron chi connectivity index (χ0n) is 13.0. The first-order chi connectivity index (χ1) is 9.35. The minimum Gasteiger partial charge on any atom is -0.459 e. The fourth-order valence-electron chi connectivity index (χ4n) is 2.59. The molecule has 1 aliphatic carbocycles. The second-order valence-electron chi connectivity index (χ2n) is 6.57. The molecule has 3 heteroatoms. The monoisotopic (exact) mass is 275 g/mol. The third-order valence-electron chi connectivity index (χ3n) is 3.60. The number of rotatable bonds is 4. The van der Waals surface area contributed by atoms with Crippen LogP contribution >= 0.6 is 0 Å². The summed E-state index contributed by atoms with van der Waals surface area (Å²) in [6.45, 7) is 7.98. The summed E-state index contributed by atoms with van der Waals surface area (Å²) in [5.74, 6) is -0.203. The molecule has 0 heterocycles. The van der Waals surface area contributed by atoms with Gasteiger partial charge in [-0.05, 0) is 63.6 Å². The van der Waals surface area contributed by atoms with Crippen molar-refractivity contribution < 1.29 is 9.53 Å². The zero-order chi connectivity index (χ0) is 14.8. The van der Waals surface area contributed by atoms with Crippen LogP contribution in [0.4, 0.5) is 0 Å². The molecule has 1 aromatic carbocycles. The summed E-state index contributed by atoms with van der Waals surface area (Å²) in [4.78, 5) is 11.7. The fraction of sp³-hybridized carbons (Fsp3) is 0.588. The van der Waals surface area contributed by atoms with Gasteiger partial charge in [-0.1, -0.05) is 18.2 Å². The molecule has 0 fully saturated rings. The summed E-state index contributed by atoms with van der Waals surface area (Å²) in [6.07, 6.45) is 3.65. The molecule has 110 valence electrons. The first-order valence-corrected chi connectivity index (χ1v) is 7.42. The van der Waals surface area contributed by atoms with Gasteiger partial charge in [0, 0.05) is 6.04 Å². The van der Waals surface area contributed by atoms with Gasteiger partial charge >= 0.3 is 5.97 Å². The number of benzene rings is 1.